The zero-order chi connectivity index (χ0) is 21.4. The van der Waals surface area contributed by atoms with Gasteiger partial charge in [-0.05, 0) is 67.2 Å². The number of benzene rings is 1. The molecule has 0 spiro atoms. The average molecular weight is 414 g/mol. The van der Waals surface area contributed by atoms with Gasteiger partial charge >= 0.3 is 0 Å². The molecule has 2 aliphatic carbocycles. The summed E-state index contributed by atoms with van der Waals surface area (Å²) in [6.45, 7) is 4.44. The Morgan fingerprint density at radius 2 is 1.90 bits per heavy atom. The summed E-state index contributed by atoms with van der Waals surface area (Å²) in [5.74, 6) is 0.546. The second kappa shape index (κ2) is 7.84. The molecule has 1 unspecified atom stereocenters. The number of amides is 1. The third-order valence-corrected chi connectivity index (χ3v) is 6.39. The lowest BCUT2D eigenvalue weighted by atomic mass is 9.74. The molecule has 5 rings (SSSR count). The maximum Gasteiger partial charge on any atom is 0.251 e. The minimum Gasteiger partial charge on any atom is -0.345 e. The molecule has 6 nitrogen and oxygen atoms in total. The molecule has 3 aromatic rings. The highest BCUT2D eigenvalue weighted by molar-refractivity contribution is 5.94. The number of aromatic nitrogens is 4. The maximum atomic E-state index is 13.1. The zero-order valence-corrected chi connectivity index (χ0v) is 18.1. The van der Waals surface area contributed by atoms with Crippen LogP contribution >= 0.6 is 0 Å². The van der Waals surface area contributed by atoms with Crippen LogP contribution in [0, 0.1) is 5.41 Å². The Kier molecular flexibility index (Phi) is 5.00. The first-order valence-corrected chi connectivity index (χ1v) is 11.0. The third-order valence-electron chi connectivity index (χ3n) is 6.39. The van der Waals surface area contributed by atoms with E-state index in [0.717, 1.165) is 42.5 Å². The van der Waals surface area contributed by atoms with Crippen molar-refractivity contribution >= 4 is 5.91 Å². The van der Waals surface area contributed by atoms with E-state index in [9.17, 15) is 4.79 Å². The molecule has 0 saturated carbocycles. The Morgan fingerprint density at radius 3 is 2.71 bits per heavy atom. The van der Waals surface area contributed by atoms with Crippen LogP contribution in [0.25, 0.3) is 11.5 Å². The molecule has 0 fully saturated rings. The van der Waals surface area contributed by atoms with E-state index < -0.39 is 0 Å². The molecule has 1 amide bonds. The summed E-state index contributed by atoms with van der Waals surface area (Å²) in [4.78, 5) is 30.9. The second-order valence-corrected chi connectivity index (χ2v) is 9.45. The van der Waals surface area contributed by atoms with Gasteiger partial charge in [-0.25, -0.2) is 15.0 Å². The van der Waals surface area contributed by atoms with E-state index >= 15 is 0 Å². The molecule has 2 heterocycles. The average Bonchev–Trinajstić information content (AvgIpc) is 2.78. The van der Waals surface area contributed by atoms with Gasteiger partial charge in [0.05, 0.1) is 17.9 Å². The lowest BCUT2D eigenvalue weighted by Gasteiger charge is -2.36. The van der Waals surface area contributed by atoms with E-state index in [0.29, 0.717) is 11.5 Å². The Balaban J connectivity index is 1.43. The number of carbonyl (C=O) groups is 1. The summed E-state index contributed by atoms with van der Waals surface area (Å²) in [5.41, 5.74) is 6.10. The summed E-state index contributed by atoms with van der Waals surface area (Å²) < 4.78 is 0. The highest BCUT2D eigenvalue weighted by Gasteiger charge is 2.35. The van der Waals surface area contributed by atoms with Gasteiger partial charge in [0.25, 0.3) is 5.91 Å². The first kappa shape index (κ1) is 19.8. The maximum absolute atomic E-state index is 13.1. The van der Waals surface area contributed by atoms with Crippen molar-refractivity contribution in [1.29, 1.82) is 0 Å². The van der Waals surface area contributed by atoms with Crippen LogP contribution in [0.1, 0.15) is 71.9 Å². The topological polar surface area (TPSA) is 80.7 Å². The van der Waals surface area contributed by atoms with Gasteiger partial charge < -0.3 is 5.32 Å². The lowest BCUT2D eigenvalue weighted by Crippen LogP contribution is -2.37. The number of nitrogens with zero attached hydrogens (tertiary/aromatic N) is 4. The fraction of sp³-hybridized carbons (Fsp3) is 0.400. The molecule has 0 radical (unpaired) electrons. The molecule has 0 bridgehead atoms. The predicted molar refractivity (Wildman–Crippen MR) is 118 cm³/mol. The molecule has 1 aromatic carbocycles. The number of carbonyl (C=O) groups excluding carboxylic acids is 1. The number of hydrogen-bond acceptors (Lipinski definition) is 5. The van der Waals surface area contributed by atoms with Crippen LogP contribution in [-0.2, 0) is 19.3 Å². The summed E-state index contributed by atoms with van der Waals surface area (Å²) >= 11 is 0. The van der Waals surface area contributed by atoms with Crippen molar-refractivity contribution in [2.75, 3.05) is 0 Å². The summed E-state index contributed by atoms with van der Waals surface area (Å²) in [6, 6.07) is 6.05. The van der Waals surface area contributed by atoms with Gasteiger partial charge in [0.15, 0.2) is 5.82 Å². The Labute approximate surface area is 182 Å². The molecule has 2 aromatic heterocycles. The first-order chi connectivity index (χ1) is 15.0. The molecular formula is C25H27N5O. The zero-order valence-electron chi connectivity index (χ0n) is 18.1. The quantitative estimate of drug-likeness (QED) is 0.694. The van der Waals surface area contributed by atoms with Gasteiger partial charge in [-0.1, -0.05) is 19.9 Å². The SMILES string of the molecule is CC1(C)Cc2nc(-c3cnccn3)ncc2C(NC(=O)c2ccc3c(c2)CCCC3)C1. The highest BCUT2D eigenvalue weighted by Crippen LogP contribution is 2.40. The molecule has 1 N–H and O–H groups in total. The van der Waals surface area contributed by atoms with Crippen LogP contribution in [-0.4, -0.2) is 25.8 Å². The summed E-state index contributed by atoms with van der Waals surface area (Å²) in [5, 5.41) is 3.27. The minimum atomic E-state index is -0.113. The van der Waals surface area contributed by atoms with Crippen molar-refractivity contribution in [2.45, 2.75) is 58.4 Å². The van der Waals surface area contributed by atoms with Gasteiger partial charge in [-0.2, -0.15) is 0 Å². The largest absolute Gasteiger partial charge is 0.345 e. The van der Waals surface area contributed by atoms with Crippen molar-refractivity contribution < 1.29 is 4.79 Å². The second-order valence-electron chi connectivity index (χ2n) is 9.45. The predicted octanol–water partition coefficient (Wildman–Crippen LogP) is 4.26. The summed E-state index contributed by atoms with van der Waals surface area (Å²) in [6.07, 6.45) is 13.1. The van der Waals surface area contributed by atoms with Crippen molar-refractivity contribution in [2.24, 2.45) is 5.41 Å². The van der Waals surface area contributed by atoms with Crippen LogP contribution in [0.4, 0.5) is 0 Å². The molecule has 2 aliphatic rings. The number of nitrogens with one attached hydrogen (secondary N) is 1. The molecule has 158 valence electrons. The van der Waals surface area contributed by atoms with Crippen molar-refractivity contribution in [3.8, 4) is 11.5 Å². The van der Waals surface area contributed by atoms with Crippen LogP contribution < -0.4 is 5.32 Å². The Morgan fingerprint density at radius 1 is 1.06 bits per heavy atom. The number of rotatable bonds is 3. The monoisotopic (exact) mass is 413 g/mol. The smallest absolute Gasteiger partial charge is 0.251 e. The highest BCUT2D eigenvalue weighted by atomic mass is 16.1. The van der Waals surface area contributed by atoms with Crippen molar-refractivity contribution in [1.82, 2.24) is 25.3 Å². The molecular weight excluding hydrogens is 386 g/mol. The van der Waals surface area contributed by atoms with Crippen LogP contribution in [0.2, 0.25) is 0 Å². The molecule has 0 saturated heterocycles. The van der Waals surface area contributed by atoms with Gasteiger partial charge in [0.2, 0.25) is 0 Å². The minimum absolute atomic E-state index is 0.0226. The van der Waals surface area contributed by atoms with Crippen LogP contribution in [0.5, 0.6) is 0 Å². The van der Waals surface area contributed by atoms with E-state index in [1.165, 1.54) is 24.0 Å². The van der Waals surface area contributed by atoms with Gasteiger partial charge in [-0.3, -0.25) is 9.78 Å². The first-order valence-electron chi connectivity index (χ1n) is 11.0. The third kappa shape index (κ3) is 4.07. The van der Waals surface area contributed by atoms with Crippen LogP contribution in [0.15, 0.2) is 43.0 Å². The summed E-state index contributed by atoms with van der Waals surface area (Å²) in [7, 11) is 0. The lowest BCUT2D eigenvalue weighted by molar-refractivity contribution is 0.0919. The Hall–Kier alpha value is -3.15. The standard InChI is InChI=1S/C25H27N5O/c1-25(2)12-20-19(14-28-23(29-20)22-15-26-9-10-27-22)21(13-25)30-24(31)18-8-7-16-5-3-4-6-17(16)11-18/h7-11,14-15,21H,3-6,12-13H2,1-2H3,(H,30,31). The fourth-order valence-electron chi connectivity index (χ4n) is 4.83. The van der Waals surface area contributed by atoms with E-state index in [2.05, 4.69) is 46.2 Å². The van der Waals surface area contributed by atoms with Crippen molar-refractivity contribution in [3.05, 3.63) is 70.9 Å². The molecule has 31 heavy (non-hydrogen) atoms. The van der Waals surface area contributed by atoms with E-state index in [1.807, 2.05) is 12.3 Å². The molecule has 0 aliphatic heterocycles. The Bertz CT molecular complexity index is 1130. The number of hydrogen-bond donors (Lipinski definition) is 1. The van der Waals surface area contributed by atoms with Gasteiger partial charge in [-0.15, -0.1) is 0 Å². The van der Waals surface area contributed by atoms with E-state index in [-0.39, 0.29) is 17.4 Å². The van der Waals surface area contributed by atoms with E-state index in [4.69, 9.17) is 4.98 Å². The molecule has 1 atom stereocenters. The molecule has 6 heteroatoms. The van der Waals surface area contributed by atoms with Crippen LogP contribution in [0.3, 0.4) is 0 Å². The number of aryl methyl sites for hydroxylation is 2. The van der Waals surface area contributed by atoms with Gasteiger partial charge in [0.1, 0.15) is 5.69 Å². The van der Waals surface area contributed by atoms with E-state index in [1.54, 1.807) is 18.6 Å². The number of fused-ring (bicyclic) bond motifs is 2. The normalized spacial score (nSPS) is 19.2. The van der Waals surface area contributed by atoms with Gasteiger partial charge in [0, 0.05) is 29.7 Å². The fourth-order valence-corrected chi connectivity index (χ4v) is 4.83. The van der Waals surface area contributed by atoms with Crippen molar-refractivity contribution in [3.63, 3.8) is 0 Å².